The third-order valence-electron chi connectivity index (χ3n) is 8.38. The molecule has 1 saturated heterocycles. The van der Waals surface area contributed by atoms with Crippen LogP contribution in [0, 0.1) is 23.1 Å². The van der Waals surface area contributed by atoms with Gasteiger partial charge >= 0.3 is 0 Å². The molecule has 2 saturated carbocycles. The van der Waals surface area contributed by atoms with E-state index >= 15 is 0 Å². The van der Waals surface area contributed by atoms with Crippen LogP contribution in [-0.4, -0.2) is 55.6 Å². The molecule has 3 atom stereocenters. The summed E-state index contributed by atoms with van der Waals surface area (Å²) in [5.41, 5.74) is 1.81. The number of hydrogen-bond acceptors (Lipinski definition) is 7. The van der Waals surface area contributed by atoms with E-state index in [4.69, 9.17) is 9.40 Å². The number of nitrogens with zero attached hydrogens (tertiary/aromatic N) is 3. The molecule has 0 radical (unpaired) electrons. The highest BCUT2D eigenvalue weighted by molar-refractivity contribution is 7.91. The van der Waals surface area contributed by atoms with Crippen molar-refractivity contribution in [3.05, 3.63) is 60.1 Å². The number of benzene rings is 2. The standard InChI is InChI=1S/C30H30F2N4O4S/c31-21-5-1-20(2-6-21)29-34-26(19-3-8-23(9-4-19)36-13-15-41(38,39)16-14-36)27(40-29)24-10-7-22(32)17-25(24)28(37)35-30(18-33)11-12-30/h1-6,8-9,22,24-25H,7,10-17H2,(H,35,37)/t22-,24+,25+/m0/s1. The molecule has 3 aliphatic rings. The van der Waals surface area contributed by atoms with Gasteiger partial charge in [-0.25, -0.2) is 22.2 Å². The Bertz CT molecular complexity index is 1580. The van der Waals surface area contributed by atoms with Gasteiger partial charge < -0.3 is 14.6 Å². The van der Waals surface area contributed by atoms with E-state index < -0.39 is 39.2 Å². The molecule has 0 spiro atoms. The number of sulfone groups is 1. The first-order valence-electron chi connectivity index (χ1n) is 13.9. The van der Waals surface area contributed by atoms with Crippen LogP contribution in [0.15, 0.2) is 52.9 Å². The lowest BCUT2D eigenvalue weighted by Gasteiger charge is -2.32. The summed E-state index contributed by atoms with van der Waals surface area (Å²) >= 11 is 0. The fourth-order valence-corrected chi connectivity index (χ4v) is 6.95. The molecule has 2 heterocycles. The Balaban J connectivity index is 1.36. The van der Waals surface area contributed by atoms with Crippen LogP contribution in [0.1, 0.15) is 43.8 Å². The highest BCUT2D eigenvalue weighted by Gasteiger charge is 2.48. The van der Waals surface area contributed by atoms with E-state index in [1.165, 1.54) is 12.1 Å². The number of nitriles is 1. The molecule has 1 amide bonds. The van der Waals surface area contributed by atoms with Gasteiger partial charge in [-0.05, 0) is 68.5 Å². The van der Waals surface area contributed by atoms with Crippen molar-refractivity contribution in [3.63, 3.8) is 0 Å². The van der Waals surface area contributed by atoms with Gasteiger partial charge in [0.1, 0.15) is 29.0 Å². The molecule has 41 heavy (non-hydrogen) atoms. The number of oxazole rings is 1. The van der Waals surface area contributed by atoms with Crippen LogP contribution in [0.25, 0.3) is 22.7 Å². The molecule has 3 aromatic rings. The molecule has 11 heteroatoms. The van der Waals surface area contributed by atoms with E-state index in [9.17, 15) is 27.3 Å². The molecule has 8 nitrogen and oxygen atoms in total. The first-order valence-corrected chi connectivity index (χ1v) is 15.7. The van der Waals surface area contributed by atoms with Gasteiger partial charge in [-0.15, -0.1) is 0 Å². The van der Waals surface area contributed by atoms with E-state index in [-0.39, 0.29) is 36.1 Å². The van der Waals surface area contributed by atoms with Crippen LogP contribution in [0.2, 0.25) is 0 Å². The van der Waals surface area contributed by atoms with E-state index in [0.717, 1.165) is 11.3 Å². The zero-order chi connectivity index (χ0) is 28.8. The average molecular weight is 581 g/mol. The molecule has 214 valence electrons. The van der Waals surface area contributed by atoms with Crippen molar-refractivity contribution < 1.29 is 26.4 Å². The van der Waals surface area contributed by atoms with Crippen molar-refractivity contribution >= 4 is 21.4 Å². The van der Waals surface area contributed by atoms with Crippen molar-refractivity contribution in [1.29, 1.82) is 5.26 Å². The predicted molar refractivity (Wildman–Crippen MR) is 149 cm³/mol. The minimum atomic E-state index is -3.01. The summed E-state index contributed by atoms with van der Waals surface area (Å²) in [6.07, 6.45) is 0.646. The summed E-state index contributed by atoms with van der Waals surface area (Å²) in [6.45, 7) is 0.831. The first kappa shape index (κ1) is 27.4. The number of rotatable bonds is 6. The number of hydrogen-bond donors (Lipinski definition) is 1. The van der Waals surface area contributed by atoms with E-state index in [1.807, 2.05) is 29.2 Å². The molecule has 2 aliphatic carbocycles. The maximum Gasteiger partial charge on any atom is 0.226 e. The SMILES string of the molecule is N#CC1(NC(=O)[C@@H]2C[C@@H](F)CC[C@H]2c2oc(-c3ccc(F)cc3)nc2-c2ccc(N3CCS(=O)(=O)CC3)cc2)CC1. The van der Waals surface area contributed by atoms with Crippen LogP contribution in [0.3, 0.4) is 0 Å². The number of alkyl halides is 1. The third-order valence-corrected chi connectivity index (χ3v) is 9.99. The van der Waals surface area contributed by atoms with Crippen LogP contribution in [-0.2, 0) is 14.6 Å². The fraction of sp³-hybridized carbons (Fsp3) is 0.433. The van der Waals surface area contributed by atoms with Crippen molar-refractivity contribution in [1.82, 2.24) is 10.3 Å². The van der Waals surface area contributed by atoms with Gasteiger partial charge in [-0.3, -0.25) is 4.79 Å². The molecule has 1 aliphatic heterocycles. The van der Waals surface area contributed by atoms with Gasteiger partial charge in [0, 0.05) is 35.8 Å². The lowest BCUT2D eigenvalue weighted by Crippen LogP contribution is -2.44. The second-order valence-electron chi connectivity index (χ2n) is 11.2. The van der Waals surface area contributed by atoms with Gasteiger partial charge in [0.15, 0.2) is 9.84 Å². The maximum absolute atomic E-state index is 14.6. The molecule has 6 rings (SSSR count). The van der Waals surface area contributed by atoms with Crippen LogP contribution >= 0.6 is 0 Å². The predicted octanol–water partition coefficient (Wildman–Crippen LogP) is 4.78. The maximum atomic E-state index is 14.6. The van der Waals surface area contributed by atoms with Crippen molar-refractivity contribution in [2.45, 2.75) is 49.7 Å². The second-order valence-corrected chi connectivity index (χ2v) is 13.5. The summed E-state index contributed by atoms with van der Waals surface area (Å²) in [4.78, 5) is 20.2. The van der Waals surface area contributed by atoms with Gasteiger partial charge in [0.25, 0.3) is 0 Å². The van der Waals surface area contributed by atoms with Crippen LogP contribution in [0.5, 0.6) is 0 Å². The van der Waals surface area contributed by atoms with Crippen LogP contribution < -0.4 is 10.2 Å². The number of carbonyl (C=O) groups is 1. The number of anilines is 1. The van der Waals surface area contributed by atoms with Crippen molar-refractivity contribution in [2.24, 2.45) is 5.92 Å². The lowest BCUT2D eigenvalue weighted by molar-refractivity contribution is -0.128. The molecule has 1 aromatic heterocycles. The minimum absolute atomic E-state index is 0.0147. The van der Waals surface area contributed by atoms with Gasteiger partial charge in [0.05, 0.1) is 23.5 Å². The van der Waals surface area contributed by atoms with Crippen LogP contribution in [0.4, 0.5) is 14.5 Å². The summed E-state index contributed by atoms with van der Waals surface area (Å²) in [7, 11) is -3.01. The fourth-order valence-electron chi connectivity index (χ4n) is 5.75. The Kier molecular flexibility index (Phi) is 7.06. The molecule has 3 fully saturated rings. The number of nitrogens with one attached hydrogen (secondary N) is 1. The Morgan fingerprint density at radius 1 is 1.05 bits per heavy atom. The zero-order valence-electron chi connectivity index (χ0n) is 22.4. The smallest absolute Gasteiger partial charge is 0.226 e. The number of halogens is 2. The van der Waals surface area contributed by atoms with E-state index in [2.05, 4.69) is 11.4 Å². The second kappa shape index (κ2) is 10.6. The summed E-state index contributed by atoms with van der Waals surface area (Å²) in [5.74, 6) is -1.04. The Hall–Kier alpha value is -3.78. The summed E-state index contributed by atoms with van der Waals surface area (Å²) in [6, 6.07) is 15.5. The third kappa shape index (κ3) is 5.71. The first-order chi connectivity index (χ1) is 19.7. The summed E-state index contributed by atoms with van der Waals surface area (Å²) < 4.78 is 58.3. The lowest BCUT2D eigenvalue weighted by atomic mass is 9.75. The van der Waals surface area contributed by atoms with Gasteiger partial charge in [-0.2, -0.15) is 5.26 Å². The highest BCUT2D eigenvalue weighted by atomic mass is 32.2. The Morgan fingerprint density at radius 2 is 1.71 bits per heavy atom. The average Bonchev–Trinajstić information content (AvgIpc) is 3.60. The molecule has 0 unspecified atom stereocenters. The van der Waals surface area contributed by atoms with Gasteiger partial charge in [-0.1, -0.05) is 12.1 Å². The van der Waals surface area contributed by atoms with E-state index in [0.29, 0.717) is 49.4 Å². The largest absolute Gasteiger partial charge is 0.440 e. The highest BCUT2D eigenvalue weighted by Crippen LogP contribution is 2.45. The number of amides is 1. The molecular weight excluding hydrogens is 550 g/mol. The van der Waals surface area contributed by atoms with Gasteiger partial charge in [0.2, 0.25) is 11.8 Å². The minimum Gasteiger partial charge on any atom is -0.440 e. The quantitative estimate of drug-likeness (QED) is 0.446. The zero-order valence-corrected chi connectivity index (χ0v) is 23.2. The molecule has 2 aromatic carbocycles. The molecular formula is C30H30F2N4O4S. The Morgan fingerprint density at radius 3 is 2.34 bits per heavy atom. The normalized spacial score (nSPS) is 24.8. The Labute approximate surface area is 237 Å². The molecule has 1 N–H and O–H groups in total. The number of aromatic nitrogens is 1. The summed E-state index contributed by atoms with van der Waals surface area (Å²) in [5, 5.41) is 12.3. The van der Waals surface area contributed by atoms with Crippen molar-refractivity contribution in [3.8, 4) is 28.8 Å². The number of carbonyl (C=O) groups excluding carboxylic acids is 1. The molecule has 0 bridgehead atoms. The van der Waals surface area contributed by atoms with Crippen molar-refractivity contribution in [2.75, 3.05) is 29.5 Å². The monoisotopic (exact) mass is 580 g/mol. The topological polar surface area (TPSA) is 116 Å². The van der Waals surface area contributed by atoms with E-state index in [1.54, 1.807) is 12.1 Å².